The van der Waals surface area contributed by atoms with E-state index in [1.165, 1.54) is 16.7 Å². The maximum atomic E-state index is 3.83. The Labute approximate surface area is 88.8 Å². The van der Waals surface area contributed by atoms with Gasteiger partial charge in [0.05, 0.1) is 0 Å². The van der Waals surface area contributed by atoms with Crippen LogP contribution in [0.15, 0.2) is 29.3 Å². The third-order valence-corrected chi connectivity index (χ3v) is 2.65. The number of aryl methyl sites for hydroxylation is 3. The molecule has 0 saturated heterocycles. The van der Waals surface area contributed by atoms with E-state index in [4.69, 9.17) is 0 Å². The summed E-state index contributed by atoms with van der Waals surface area (Å²) in [6, 6.07) is 6.63. The summed E-state index contributed by atoms with van der Waals surface area (Å²) in [5, 5.41) is 0. The Morgan fingerprint density at radius 1 is 1.31 bits per heavy atom. The lowest BCUT2D eigenvalue weighted by atomic mass is 10.0. The fraction of sp³-hybridized carbons (Fsp3) is 0.333. The molecule has 70 valence electrons. The highest BCUT2D eigenvalue weighted by Crippen LogP contribution is 2.15. The SMILES string of the molecule is C=C(Br)CCc1ccc(C)c(C)c1. The first-order valence-corrected chi connectivity index (χ1v) is 5.28. The molecule has 1 heteroatoms. The Bertz CT molecular complexity index is 313. The van der Waals surface area contributed by atoms with Crippen molar-refractivity contribution in [2.24, 2.45) is 0 Å². The van der Waals surface area contributed by atoms with Crippen LogP contribution in [0, 0.1) is 13.8 Å². The summed E-state index contributed by atoms with van der Waals surface area (Å²) < 4.78 is 1.07. The van der Waals surface area contributed by atoms with Crippen molar-refractivity contribution < 1.29 is 0 Å². The van der Waals surface area contributed by atoms with Gasteiger partial charge < -0.3 is 0 Å². The molecule has 0 nitrogen and oxygen atoms in total. The molecular formula is C12H15Br. The highest BCUT2D eigenvalue weighted by Gasteiger charge is 1.96. The molecule has 0 atom stereocenters. The van der Waals surface area contributed by atoms with Gasteiger partial charge in [0.1, 0.15) is 0 Å². The highest BCUT2D eigenvalue weighted by atomic mass is 79.9. The molecule has 0 bridgehead atoms. The van der Waals surface area contributed by atoms with E-state index >= 15 is 0 Å². The average Bonchev–Trinajstić information content (AvgIpc) is 2.07. The molecule has 0 aliphatic rings. The summed E-state index contributed by atoms with van der Waals surface area (Å²) in [7, 11) is 0. The quantitative estimate of drug-likeness (QED) is 0.743. The van der Waals surface area contributed by atoms with Gasteiger partial charge in [-0.15, -0.1) is 0 Å². The molecule has 13 heavy (non-hydrogen) atoms. The van der Waals surface area contributed by atoms with E-state index in [-0.39, 0.29) is 0 Å². The van der Waals surface area contributed by atoms with Crippen molar-refractivity contribution >= 4 is 15.9 Å². The zero-order chi connectivity index (χ0) is 9.84. The molecule has 0 radical (unpaired) electrons. The number of hydrogen-bond donors (Lipinski definition) is 0. The monoisotopic (exact) mass is 238 g/mol. The minimum atomic E-state index is 1.02. The summed E-state index contributed by atoms with van der Waals surface area (Å²) in [6.07, 6.45) is 2.09. The van der Waals surface area contributed by atoms with E-state index < -0.39 is 0 Å². The van der Waals surface area contributed by atoms with Gasteiger partial charge in [0.2, 0.25) is 0 Å². The third kappa shape index (κ3) is 3.35. The predicted molar refractivity (Wildman–Crippen MR) is 62.3 cm³/mol. The van der Waals surface area contributed by atoms with Crippen molar-refractivity contribution in [2.75, 3.05) is 0 Å². The molecule has 0 heterocycles. The molecule has 0 unspecified atom stereocenters. The summed E-state index contributed by atoms with van der Waals surface area (Å²) in [5.41, 5.74) is 4.13. The maximum Gasteiger partial charge on any atom is -0.0118 e. The zero-order valence-corrected chi connectivity index (χ0v) is 9.82. The predicted octanol–water partition coefficient (Wildman–Crippen LogP) is 4.14. The van der Waals surface area contributed by atoms with Crippen LogP contribution in [0.3, 0.4) is 0 Å². The van der Waals surface area contributed by atoms with Crippen LogP contribution in [0.5, 0.6) is 0 Å². The second kappa shape index (κ2) is 4.61. The molecule has 0 fully saturated rings. The van der Waals surface area contributed by atoms with Gasteiger partial charge in [-0.2, -0.15) is 0 Å². The lowest BCUT2D eigenvalue weighted by Crippen LogP contribution is -1.88. The highest BCUT2D eigenvalue weighted by molar-refractivity contribution is 9.11. The van der Waals surface area contributed by atoms with Crippen molar-refractivity contribution in [1.82, 2.24) is 0 Å². The van der Waals surface area contributed by atoms with Gasteiger partial charge in [-0.05, 0) is 47.9 Å². The van der Waals surface area contributed by atoms with Crippen LogP contribution in [0.25, 0.3) is 0 Å². The summed E-state index contributed by atoms with van der Waals surface area (Å²) in [4.78, 5) is 0. The Balaban J connectivity index is 2.68. The largest absolute Gasteiger partial charge is 0.0888 e. The van der Waals surface area contributed by atoms with Crippen LogP contribution in [0.4, 0.5) is 0 Å². The molecular weight excluding hydrogens is 224 g/mol. The summed E-state index contributed by atoms with van der Waals surface area (Å²) in [6.45, 7) is 8.12. The number of rotatable bonds is 3. The van der Waals surface area contributed by atoms with Crippen molar-refractivity contribution in [3.8, 4) is 0 Å². The minimum Gasteiger partial charge on any atom is -0.0888 e. The van der Waals surface area contributed by atoms with Gasteiger partial charge in [0.15, 0.2) is 0 Å². The van der Waals surface area contributed by atoms with Crippen molar-refractivity contribution in [3.63, 3.8) is 0 Å². The number of benzene rings is 1. The fourth-order valence-electron chi connectivity index (χ4n) is 1.24. The topological polar surface area (TPSA) is 0 Å². The van der Waals surface area contributed by atoms with Gasteiger partial charge in [0, 0.05) is 0 Å². The molecule has 0 saturated carbocycles. The fourth-order valence-corrected chi connectivity index (χ4v) is 1.44. The molecule has 1 aromatic carbocycles. The number of allylic oxidation sites excluding steroid dienone is 1. The van der Waals surface area contributed by atoms with E-state index in [1.807, 2.05) is 0 Å². The molecule has 1 rings (SSSR count). The Morgan fingerprint density at radius 2 is 2.00 bits per heavy atom. The van der Waals surface area contributed by atoms with Crippen LogP contribution in [-0.2, 0) is 6.42 Å². The molecule has 1 aromatic rings. The van der Waals surface area contributed by atoms with E-state index in [1.54, 1.807) is 0 Å². The van der Waals surface area contributed by atoms with Crippen molar-refractivity contribution in [3.05, 3.63) is 46.0 Å². The van der Waals surface area contributed by atoms with Crippen molar-refractivity contribution in [2.45, 2.75) is 26.7 Å². The number of hydrogen-bond acceptors (Lipinski definition) is 0. The average molecular weight is 239 g/mol. The normalized spacial score (nSPS) is 10.1. The second-order valence-electron chi connectivity index (χ2n) is 3.44. The van der Waals surface area contributed by atoms with E-state index in [9.17, 15) is 0 Å². The summed E-state index contributed by atoms with van der Waals surface area (Å²) in [5.74, 6) is 0. The first kappa shape index (κ1) is 10.5. The van der Waals surface area contributed by atoms with Crippen LogP contribution in [-0.4, -0.2) is 0 Å². The maximum absolute atomic E-state index is 3.83. The molecule has 0 spiro atoms. The van der Waals surface area contributed by atoms with Crippen LogP contribution < -0.4 is 0 Å². The molecule has 0 aromatic heterocycles. The first-order valence-electron chi connectivity index (χ1n) is 4.49. The van der Waals surface area contributed by atoms with Crippen molar-refractivity contribution in [1.29, 1.82) is 0 Å². The standard InChI is InChI=1S/C12H15Br/c1-9-4-6-12(8-10(9)2)7-5-11(3)13/h4,6,8H,3,5,7H2,1-2H3. The lowest BCUT2D eigenvalue weighted by molar-refractivity contribution is 0.990. The van der Waals surface area contributed by atoms with Crippen LogP contribution >= 0.6 is 15.9 Å². The van der Waals surface area contributed by atoms with Gasteiger partial charge >= 0.3 is 0 Å². The van der Waals surface area contributed by atoms with Crippen LogP contribution in [0.1, 0.15) is 23.1 Å². The Hall–Kier alpha value is -0.560. The Kier molecular flexibility index (Phi) is 3.73. The molecule has 0 N–H and O–H groups in total. The van der Waals surface area contributed by atoms with E-state index in [0.717, 1.165) is 17.3 Å². The van der Waals surface area contributed by atoms with Gasteiger partial charge in [-0.1, -0.05) is 40.7 Å². The Morgan fingerprint density at radius 3 is 2.54 bits per heavy atom. The van der Waals surface area contributed by atoms with E-state index in [0.29, 0.717) is 0 Å². The molecule has 0 amide bonds. The molecule has 0 aliphatic carbocycles. The first-order chi connectivity index (χ1) is 6.09. The summed E-state index contributed by atoms with van der Waals surface area (Å²) >= 11 is 3.37. The lowest BCUT2D eigenvalue weighted by Gasteiger charge is -2.04. The molecule has 0 aliphatic heterocycles. The number of halogens is 1. The van der Waals surface area contributed by atoms with Gasteiger partial charge in [0.25, 0.3) is 0 Å². The zero-order valence-electron chi connectivity index (χ0n) is 8.23. The van der Waals surface area contributed by atoms with Gasteiger partial charge in [-0.3, -0.25) is 0 Å². The second-order valence-corrected chi connectivity index (χ2v) is 4.56. The van der Waals surface area contributed by atoms with Crippen LogP contribution in [0.2, 0.25) is 0 Å². The third-order valence-electron chi connectivity index (χ3n) is 2.26. The smallest absolute Gasteiger partial charge is 0.0118 e. The minimum absolute atomic E-state index is 1.02. The van der Waals surface area contributed by atoms with E-state index in [2.05, 4.69) is 54.6 Å². The van der Waals surface area contributed by atoms with Gasteiger partial charge in [-0.25, -0.2) is 0 Å².